The van der Waals surface area contributed by atoms with E-state index in [4.69, 9.17) is 4.55 Å². The molecule has 0 saturated heterocycles. The van der Waals surface area contributed by atoms with E-state index in [0.29, 0.717) is 0 Å². The minimum Gasteiger partial charge on any atom is -0.281 e. The summed E-state index contributed by atoms with van der Waals surface area (Å²) in [6.07, 6.45) is -0.664. The highest BCUT2D eigenvalue weighted by atomic mass is 32.2. The summed E-state index contributed by atoms with van der Waals surface area (Å²) in [6.45, 7) is 0. The molecule has 15 heteroatoms. The molecular weight excluding hydrogens is 356 g/mol. The van der Waals surface area contributed by atoms with Gasteiger partial charge in [0.05, 0.1) is 0 Å². The summed E-state index contributed by atoms with van der Waals surface area (Å²) in [7, 11) is -13.6. The van der Waals surface area contributed by atoms with Gasteiger partial charge < -0.3 is 0 Å². The number of halogens is 8. The minimum absolute atomic E-state index is 0.664. The number of hydrogen-bond donors (Lipinski definition) is 1. The Bertz CT molecular complexity index is 537. The molecule has 0 saturated carbocycles. The van der Waals surface area contributed by atoms with Gasteiger partial charge in [0, 0.05) is 6.26 Å². The minimum atomic E-state index is -7.42. The Morgan fingerprint density at radius 3 is 1.15 bits per heavy atom. The summed E-state index contributed by atoms with van der Waals surface area (Å²) in [5.74, 6) is -14.7. The number of alkyl halides is 8. The average molecular weight is 360 g/mol. The molecule has 0 heterocycles. The standard InChI is InChI=1S/C5H4F8O5S2/c1-19(14,15)4(10,11)2(6,7)3(8,9)5(12,13)20(16,17)18/h1H3,(H,16,17,18). The molecule has 0 aromatic carbocycles. The van der Waals surface area contributed by atoms with Crippen molar-refractivity contribution in [3.8, 4) is 0 Å². The topological polar surface area (TPSA) is 88.5 Å². The van der Waals surface area contributed by atoms with Crippen molar-refractivity contribution in [2.24, 2.45) is 0 Å². The van der Waals surface area contributed by atoms with Crippen LogP contribution in [0.4, 0.5) is 35.1 Å². The van der Waals surface area contributed by atoms with Crippen LogP contribution in [0.25, 0.3) is 0 Å². The van der Waals surface area contributed by atoms with Crippen molar-refractivity contribution in [3.63, 3.8) is 0 Å². The molecule has 20 heavy (non-hydrogen) atoms. The van der Waals surface area contributed by atoms with Crippen LogP contribution in [0.15, 0.2) is 0 Å². The Balaban J connectivity index is 6.37. The SMILES string of the molecule is CS(=O)(=O)C(F)(F)C(F)(F)C(F)(F)C(F)(F)S(=O)(=O)O. The third-order valence-electron chi connectivity index (χ3n) is 1.92. The van der Waals surface area contributed by atoms with Gasteiger partial charge in [-0.3, -0.25) is 4.55 Å². The van der Waals surface area contributed by atoms with E-state index in [0.717, 1.165) is 0 Å². The van der Waals surface area contributed by atoms with Crippen LogP contribution in [-0.2, 0) is 20.0 Å². The van der Waals surface area contributed by atoms with Gasteiger partial charge in [0.1, 0.15) is 0 Å². The van der Waals surface area contributed by atoms with E-state index in [1.54, 1.807) is 0 Å². The molecule has 0 radical (unpaired) electrons. The molecule has 0 bridgehead atoms. The van der Waals surface area contributed by atoms with Crippen molar-refractivity contribution < 1.29 is 56.5 Å². The third kappa shape index (κ3) is 2.34. The Morgan fingerprint density at radius 2 is 0.950 bits per heavy atom. The van der Waals surface area contributed by atoms with Gasteiger partial charge in [0.25, 0.3) is 0 Å². The molecule has 0 spiro atoms. The molecule has 0 aromatic rings. The van der Waals surface area contributed by atoms with E-state index < -0.39 is 48.6 Å². The smallest absolute Gasteiger partial charge is 0.281 e. The van der Waals surface area contributed by atoms with Crippen LogP contribution in [0.2, 0.25) is 0 Å². The summed E-state index contributed by atoms with van der Waals surface area (Å²) in [4.78, 5) is 0. The maximum atomic E-state index is 12.8. The lowest BCUT2D eigenvalue weighted by atomic mass is 10.2. The van der Waals surface area contributed by atoms with Crippen LogP contribution in [-0.4, -0.2) is 50.0 Å². The molecule has 0 aliphatic heterocycles. The molecular formula is C5H4F8O5S2. The molecule has 0 rings (SSSR count). The molecule has 0 atom stereocenters. The second-order valence-electron chi connectivity index (χ2n) is 3.43. The first kappa shape index (κ1) is 19.3. The second kappa shape index (κ2) is 4.40. The van der Waals surface area contributed by atoms with E-state index in [9.17, 15) is 52.0 Å². The van der Waals surface area contributed by atoms with Gasteiger partial charge >= 0.3 is 32.5 Å². The number of hydrogen-bond acceptors (Lipinski definition) is 4. The van der Waals surface area contributed by atoms with Gasteiger partial charge in [-0.15, -0.1) is 0 Å². The molecule has 0 amide bonds. The summed E-state index contributed by atoms with van der Waals surface area (Å²) in [6, 6.07) is 0. The monoisotopic (exact) mass is 360 g/mol. The van der Waals surface area contributed by atoms with Gasteiger partial charge in [-0.05, 0) is 0 Å². The fourth-order valence-corrected chi connectivity index (χ4v) is 1.81. The zero-order valence-electron chi connectivity index (χ0n) is 8.92. The van der Waals surface area contributed by atoms with Gasteiger partial charge in [0.15, 0.2) is 0 Å². The van der Waals surface area contributed by atoms with Crippen LogP contribution in [0.3, 0.4) is 0 Å². The highest BCUT2D eigenvalue weighted by molar-refractivity contribution is 7.91. The largest absolute Gasteiger partial charge is 0.438 e. The highest BCUT2D eigenvalue weighted by Crippen LogP contribution is 2.55. The summed E-state index contributed by atoms with van der Waals surface area (Å²) in [5, 5.41) is -13.8. The molecule has 1 N–H and O–H groups in total. The predicted octanol–water partition coefficient (Wildman–Crippen LogP) is 1.38. The fraction of sp³-hybridized carbons (Fsp3) is 1.00. The summed E-state index contributed by atoms with van der Waals surface area (Å²) in [5.41, 5.74) is 0. The van der Waals surface area contributed by atoms with E-state index in [1.165, 1.54) is 0 Å². The maximum Gasteiger partial charge on any atom is 0.438 e. The third-order valence-corrected chi connectivity index (χ3v) is 4.01. The lowest BCUT2D eigenvalue weighted by molar-refractivity contribution is -0.326. The van der Waals surface area contributed by atoms with Gasteiger partial charge in [0.2, 0.25) is 9.84 Å². The zero-order chi connectivity index (χ0) is 17.0. The van der Waals surface area contributed by atoms with Crippen LogP contribution in [0.5, 0.6) is 0 Å². The van der Waals surface area contributed by atoms with Gasteiger partial charge in [-0.25, -0.2) is 8.42 Å². The Morgan fingerprint density at radius 1 is 0.700 bits per heavy atom. The summed E-state index contributed by atoms with van der Waals surface area (Å²) >= 11 is 0. The first-order valence-electron chi connectivity index (χ1n) is 3.93. The van der Waals surface area contributed by atoms with E-state index >= 15 is 0 Å². The molecule has 5 nitrogen and oxygen atoms in total. The highest BCUT2D eigenvalue weighted by Gasteiger charge is 2.86. The fourth-order valence-electron chi connectivity index (χ4n) is 0.760. The van der Waals surface area contributed by atoms with Crippen molar-refractivity contribution >= 4 is 20.0 Å². The van der Waals surface area contributed by atoms with Crippen molar-refractivity contribution in [1.29, 1.82) is 0 Å². The Hall–Kier alpha value is -0.700. The van der Waals surface area contributed by atoms with Crippen LogP contribution in [0.1, 0.15) is 0 Å². The first-order valence-corrected chi connectivity index (χ1v) is 7.26. The average Bonchev–Trinajstić information content (AvgIpc) is 2.12. The normalized spacial score (nSPS) is 16.3. The lowest BCUT2D eigenvalue weighted by Gasteiger charge is -2.34. The van der Waals surface area contributed by atoms with Crippen molar-refractivity contribution in [3.05, 3.63) is 0 Å². The Kier molecular flexibility index (Phi) is 4.24. The van der Waals surface area contributed by atoms with Crippen molar-refractivity contribution in [1.82, 2.24) is 0 Å². The van der Waals surface area contributed by atoms with Gasteiger partial charge in [-0.1, -0.05) is 0 Å². The molecule has 0 unspecified atom stereocenters. The molecule has 0 aromatic heterocycles. The molecule has 0 aliphatic carbocycles. The van der Waals surface area contributed by atoms with Crippen molar-refractivity contribution in [2.75, 3.05) is 6.26 Å². The second-order valence-corrected chi connectivity index (χ2v) is 6.95. The lowest BCUT2D eigenvalue weighted by Crippen LogP contribution is -2.65. The predicted molar refractivity (Wildman–Crippen MR) is 46.2 cm³/mol. The first-order chi connectivity index (χ1) is 8.25. The van der Waals surface area contributed by atoms with E-state index in [1.807, 2.05) is 0 Å². The molecule has 122 valence electrons. The van der Waals surface area contributed by atoms with Crippen LogP contribution >= 0.6 is 0 Å². The number of sulfone groups is 1. The van der Waals surface area contributed by atoms with Crippen molar-refractivity contribution in [2.45, 2.75) is 22.4 Å². The maximum absolute atomic E-state index is 12.8. The van der Waals surface area contributed by atoms with Crippen LogP contribution in [0, 0.1) is 0 Å². The van der Waals surface area contributed by atoms with Gasteiger partial charge in [-0.2, -0.15) is 43.5 Å². The summed E-state index contributed by atoms with van der Waals surface area (Å²) < 4.78 is 150. The zero-order valence-corrected chi connectivity index (χ0v) is 10.6. The molecule has 0 fully saturated rings. The Labute approximate surface area is 106 Å². The quantitative estimate of drug-likeness (QED) is 0.591. The van der Waals surface area contributed by atoms with Crippen LogP contribution < -0.4 is 0 Å². The van der Waals surface area contributed by atoms with E-state index in [2.05, 4.69) is 0 Å². The number of rotatable bonds is 5. The molecule has 0 aliphatic rings. The van der Waals surface area contributed by atoms with E-state index in [-0.39, 0.29) is 0 Å².